The molecular formula is C10H14N4O3S. The molecule has 1 unspecified atom stereocenters. The minimum Gasteiger partial charge on any atom is -0.350 e. The zero-order valence-electron chi connectivity index (χ0n) is 10.9. The van der Waals surface area contributed by atoms with E-state index >= 15 is 0 Å². The molecule has 3 rings (SSSR count). The summed E-state index contributed by atoms with van der Waals surface area (Å²) < 4.78 is 33.6. The summed E-state index contributed by atoms with van der Waals surface area (Å²) in [4.78, 5) is 17.3. The SMILES string of the molecule is [2H]c1cc2n(c(=O)n1)CC1CN(S(C)(=O)=O)CCN21. The molecule has 18 heavy (non-hydrogen) atoms. The van der Waals surface area contributed by atoms with Gasteiger partial charge >= 0.3 is 5.69 Å². The van der Waals surface area contributed by atoms with Crippen LogP contribution in [0.4, 0.5) is 5.82 Å². The first-order valence-electron chi connectivity index (χ1n) is 6.16. The van der Waals surface area contributed by atoms with Gasteiger partial charge in [0.1, 0.15) is 5.82 Å². The third kappa shape index (κ3) is 1.72. The molecule has 1 saturated heterocycles. The predicted molar refractivity (Wildman–Crippen MR) is 66.0 cm³/mol. The smallest absolute Gasteiger partial charge is 0.349 e. The van der Waals surface area contributed by atoms with E-state index in [1.807, 2.05) is 4.90 Å². The predicted octanol–water partition coefficient (Wildman–Crippen LogP) is -1.29. The number of sulfonamides is 1. The van der Waals surface area contributed by atoms with E-state index in [2.05, 4.69) is 4.98 Å². The molecule has 3 heterocycles. The summed E-state index contributed by atoms with van der Waals surface area (Å²) in [7, 11) is -3.20. The van der Waals surface area contributed by atoms with Gasteiger partial charge in [0.2, 0.25) is 10.0 Å². The zero-order chi connectivity index (χ0) is 13.8. The highest BCUT2D eigenvalue weighted by Gasteiger charge is 2.37. The molecule has 0 aromatic carbocycles. The molecule has 0 amide bonds. The average Bonchev–Trinajstić information content (AvgIpc) is 2.66. The van der Waals surface area contributed by atoms with Crippen molar-refractivity contribution >= 4 is 15.8 Å². The van der Waals surface area contributed by atoms with Gasteiger partial charge in [-0.1, -0.05) is 0 Å². The van der Waals surface area contributed by atoms with Crippen LogP contribution >= 0.6 is 0 Å². The van der Waals surface area contributed by atoms with Crippen molar-refractivity contribution in [2.45, 2.75) is 12.6 Å². The Morgan fingerprint density at radius 1 is 1.44 bits per heavy atom. The van der Waals surface area contributed by atoms with Gasteiger partial charge in [-0.3, -0.25) is 4.57 Å². The van der Waals surface area contributed by atoms with Crippen molar-refractivity contribution in [2.24, 2.45) is 0 Å². The summed E-state index contributed by atoms with van der Waals surface area (Å²) in [5.41, 5.74) is -0.442. The van der Waals surface area contributed by atoms with E-state index in [0.29, 0.717) is 32.0 Å². The van der Waals surface area contributed by atoms with Gasteiger partial charge in [0.25, 0.3) is 0 Å². The highest BCUT2D eigenvalue weighted by Crippen LogP contribution is 2.27. The molecule has 1 aromatic rings. The van der Waals surface area contributed by atoms with Gasteiger partial charge in [-0.05, 0) is 6.07 Å². The summed E-state index contributed by atoms with van der Waals surface area (Å²) in [6.07, 6.45) is 1.14. The first-order chi connectivity index (χ1) is 8.86. The van der Waals surface area contributed by atoms with Crippen molar-refractivity contribution in [3.05, 3.63) is 22.7 Å². The van der Waals surface area contributed by atoms with Crippen LogP contribution in [0.15, 0.2) is 17.0 Å². The van der Waals surface area contributed by atoms with Crippen molar-refractivity contribution < 1.29 is 9.79 Å². The van der Waals surface area contributed by atoms with Crippen LogP contribution in [0, 0.1) is 0 Å². The summed E-state index contributed by atoms with van der Waals surface area (Å²) in [5.74, 6) is 0.670. The Bertz CT molecular complexity index is 687. The fourth-order valence-corrected chi connectivity index (χ4v) is 3.44. The number of aromatic nitrogens is 2. The van der Waals surface area contributed by atoms with Crippen LogP contribution in [0.1, 0.15) is 1.37 Å². The summed E-state index contributed by atoms with van der Waals surface area (Å²) in [6, 6.07) is 1.50. The van der Waals surface area contributed by atoms with Crippen LogP contribution in [0.5, 0.6) is 0 Å². The first-order valence-corrected chi connectivity index (χ1v) is 7.51. The van der Waals surface area contributed by atoms with E-state index in [1.165, 1.54) is 15.1 Å². The number of nitrogens with zero attached hydrogens (tertiary/aromatic N) is 4. The van der Waals surface area contributed by atoms with E-state index in [0.717, 1.165) is 0 Å². The van der Waals surface area contributed by atoms with Gasteiger partial charge in [-0.25, -0.2) is 18.2 Å². The van der Waals surface area contributed by atoms with E-state index in [1.54, 1.807) is 6.07 Å². The van der Waals surface area contributed by atoms with E-state index in [9.17, 15) is 13.2 Å². The second-order valence-corrected chi connectivity index (χ2v) is 6.59. The summed E-state index contributed by atoms with van der Waals surface area (Å²) in [5, 5.41) is 0. The highest BCUT2D eigenvalue weighted by molar-refractivity contribution is 7.88. The maximum atomic E-state index is 11.7. The Morgan fingerprint density at radius 2 is 2.22 bits per heavy atom. The maximum absolute atomic E-state index is 11.7. The molecule has 2 aliphatic rings. The molecule has 8 heteroatoms. The molecular weight excluding hydrogens is 256 g/mol. The summed E-state index contributed by atoms with van der Waals surface area (Å²) in [6.45, 7) is 1.72. The molecule has 1 atom stereocenters. The molecule has 0 aliphatic carbocycles. The molecule has 1 aromatic heterocycles. The Labute approximate surface area is 106 Å². The van der Waals surface area contributed by atoms with Crippen molar-refractivity contribution in [3.63, 3.8) is 0 Å². The van der Waals surface area contributed by atoms with Crippen molar-refractivity contribution in [1.82, 2.24) is 13.9 Å². The van der Waals surface area contributed by atoms with Crippen LogP contribution in [0.25, 0.3) is 0 Å². The quantitative estimate of drug-likeness (QED) is 0.635. The molecule has 7 nitrogen and oxygen atoms in total. The standard InChI is InChI=1S/C10H14N4O3S/c1-18(16,17)12-4-5-13-8(6-12)7-14-9(13)2-3-11-10(14)15/h2-3,8H,4-7H2,1H3/i3D. The normalized spacial score (nSPS) is 24.6. The van der Waals surface area contributed by atoms with Gasteiger partial charge in [-0.15, -0.1) is 0 Å². The Hall–Kier alpha value is -1.41. The molecule has 0 bridgehead atoms. The van der Waals surface area contributed by atoms with Crippen LogP contribution < -0.4 is 10.6 Å². The third-order valence-corrected chi connectivity index (χ3v) is 4.73. The lowest BCUT2D eigenvalue weighted by atomic mass is 10.2. The number of hydrogen-bond donors (Lipinski definition) is 0. The van der Waals surface area contributed by atoms with Crippen LogP contribution in [0.3, 0.4) is 0 Å². The fraction of sp³-hybridized carbons (Fsp3) is 0.600. The molecule has 0 N–H and O–H groups in total. The number of anilines is 1. The number of rotatable bonds is 1. The molecule has 0 spiro atoms. The van der Waals surface area contributed by atoms with Crippen LogP contribution in [0.2, 0.25) is 0 Å². The topological polar surface area (TPSA) is 75.5 Å². The van der Waals surface area contributed by atoms with Gasteiger partial charge in [0.05, 0.1) is 20.2 Å². The number of fused-ring (bicyclic) bond motifs is 3. The molecule has 0 radical (unpaired) electrons. The minimum atomic E-state index is -3.20. The van der Waals surface area contributed by atoms with Gasteiger partial charge in [0.15, 0.2) is 0 Å². The lowest BCUT2D eigenvalue weighted by molar-refractivity contribution is 0.335. The average molecular weight is 271 g/mol. The van der Waals surface area contributed by atoms with Crippen LogP contribution in [-0.4, -0.2) is 54.2 Å². The fourth-order valence-electron chi connectivity index (χ4n) is 2.59. The third-order valence-electron chi connectivity index (χ3n) is 3.46. The van der Waals surface area contributed by atoms with E-state index in [4.69, 9.17) is 1.37 Å². The largest absolute Gasteiger partial charge is 0.350 e. The van der Waals surface area contributed by atoms with Crippen LogP contribution in [-0.2, 0) is 16.6 Å². The molecule has 1 fully saturated rings. The highest BCUT2D eigenvalue weighted by atomic mass is 32.2. The van der Waals surface area contributed by atoms with Crippen molar-refractivity contribution in [3.8, 4) is 0 Å². The first kappa shape index (κ1) is 10.5. The Morgan fingerprint density at radius 3 is 2.94 bits per heavy atom. The van der Waals surface area contributed by atoms with Gasteiger partial charge in [-0.2, -0.15) is 4.31 Å². The number of piperazine rings is 1. The monoisotopic (exact) mass is 271 g/mol. The van der Waals surface area contributed by atoms with E-state index in [-0.39, 0.29) is 12.2 Å². The van der Waals surface area contributed by atoms with Crippen molar-refractivity contribution in [1.29, 1.82) is 0 Å². The second kappa shape index (κ2) is 3.79. The Kier molecular flexibility index (Phi) is 2.21. The number of hydrogen-bond acceptors (Lipinski definition) is 5. The summed E-state index contributed by atoms with van der Waals surface area (Å²) >= 11 is 0. The zero-order valence-corrected chi connectivity index (χ0v) is 10.7. The molecule has 2 aliphatic heterocycles. The lowest BCUT2D eigenvalue weighted by Gasteiger charge is -2.36. The minimum absolute atomic E-state index is 0.0533. The maximum Gasteiger partial charge on any atom is 0.349 e. The van der Waals surface area contributed by atoms with Crippen molar-refractivity contribution in [2.75, 3.05) is 30.8 Å². The molecule has 0 saturated carbocycles. The van der Waals surface area contributed by atoms with E-state index < -0.39 is 15.7 Å². The van der Waals surface area contributed by atoms with Gasteiger partial charge < -0.3 is 4.90 Å². The lowest BCUT2D eigenvalue weighted by Crippen LogP contribution is -2.53. The second-order valence-electron chi connectivity index (χ2n) is 4.60. The van der Waals surface area contributed by atoms with Gasteiger partial charge in [0, 0.05) is 25.8 Å². The Balaban J connectivity index is 1.95. The molecule has 98 valence electrons.